The highest BCUT2D eigenvalue weighted by Crippen LogP contribution is 2.36. The van der Waals surface area contributed by atoms with Gasteiger partial charge in [-0.25, -0.2) is 5.48 Å². The van der Waals surface area contributed by atoms with Gasteiger partial charge in [-0.05, 0) is 23.6 Å². The van der Waals surface area contributed by atoms with Crippen molar-refractivity contribution in [3.05, 3.63) is 29.8 Å². The Labute approximate surface area is 85.8 Å². The standard InChI is InChI=1S/C9H10N2O2S/c12-9(10-13)5-7-6-3-1-2-4-8(6)14-11-7/h1-4,7,11,13H,5H2,(H,10,12). The fourth-order valence-electron chi connectivity index (χ4n) is 1.44. The molecule has 1 atom stereocenters. The Kier molecular flexibility index (Phi) is 2.72. The lowest BCUT2D eigenvalue weighted by Crippen LogP contribution is -2.23. The maximum absolute atomic E-state index is 11.0. The van der Waals surface area contributed by atoms with Crippen LogP contribution in [0.4, 0.5) is 0 Å². The summed E-state index contributed by atoms with van der Waals surface area (Å²) in [6.45, 7) is 0. The number of carbonyl (C=O) groups is 1. The van der Waals surface area contributed by atoms with Crippen LogP contribution in [-0.4, -0.2) is 11.1 Å². The Balaban J connectivity index is 2.14. The van der Waals surface area contributed by atoms with Crippen LogP contribution in [0.2, 0.25) is 0 Å². The molecule has 5 heteroatoms. The summed E-state index contributed by atoms with van der Waals surface area (Å²) >= 11 is 1.52. The Morgan fingerprint density at radius 1 is 1.57 bits per heavy atom. The molecule has 1 heterocycles. The molecule has 0 fully saturated rings. The van der Waals surface area contributed by atoms with Crippen molar-refractivity contribution in [2.45, 2.75) is 17.4 Å². The van der Waals surface area contributed by atoms with E-state index in [9.17, 15) is 4.79 Å². The zero-order chi connectivity index (χ0) is 9.97. The third kappa shape index (κ3) is 1.75. The van der Waals surface area contributed by atoms with Crippen molar-refractivity contribution in [3.63, 3.8) is 0 Å². The highest BCUT2D eigenvalue weighted by Gasteiger charge is 2.24. The topological polar surface area (TPSA) is 61.4 Å². The summed E-state index contributed by atoms with van der Waals surface area (Å²) in [6.07, 6.45) is 0.251. The molecule has 1 aromatic carbocycles. The molecule has 0 saturated heterocycles. The normalized spacial score (nSPS) is 19.1. The third-order valence-corrected chi connectivity index (χ3v) is 3.11. The van der Waals surface area contributed by atoms with E-state index in [1.165, 1.54) is 11.9 Å². The van der Waals surface area contributed by atoms with E-state index in [1.54, 1.807) is 5.48 Å². The lowest BCUT2D eigenvalue weighted by atomic mass is 10.0. The van der Waals surface area contributed by atoms with Crippen LogP contribution in [0.3, 0.4) is 0 Å². The number of rotatable bonds is 2. The number of hydroxylamine groups is 1. The number of fused-ring (bicyclic) bond motifs is 1. The Hall–Kier alpha value is -1.04. The van der Waals surface area contributed by atoms with E-state index < -0.39 is 0 Å². The molecule has 1 aromatic rings. The number of nitrogens with one attached hydrogen (secondary N) is 2. The van der Waals surface area contributed by atoms with Crippen LogP contribution in [0.1, 0.15) is 18.0 Å². The summed E-state index contributed by atoms with van der Waals surface area (Å²) in [5.41, 5.74) is 2.75. The fourth-order valence-corrected chi connectivity index (χ4v) is 2.40. The second-order valence-electron chi connectivity index (χ2n) is 3.05. The first kappa shape index (κ1) is 9.51. The van der Waals surface area contributed by atoms with Gasteiger partial charge in [-0.2, -0.15) is 0 Å². The predicted octanol–water partition coefficient (Wildman–Crippen LogP) is 1.23. The van der Waals surface area contributed by atoms with Crippen LogP contribution < -0.4 is 10.2 Å². The molecule has 1 aliphatic rings. The summed E-state index contributed by atoms with van der Waals surface area (Å²) in [6, 6.07) is 7.88. The Morgan fingerprint density at radius 3 is 3.14 bits per heavy atom. The summed E-state index contributed by atoms with van der Waals surface area (Å²) in [4.78, 5) is 12.1. The number of amides is 1. The largest absolute Gasteiger partial charge is 0.289 e. The van der Waals surface area contributed by atoms with Crippen molar-refractivity contribution in [2.24, 2.45) is 0 Å². The third-order valence-electron chi connectivity index (χ3n) is 2.12. The van der Waals surface area contributed by atoms with E-state index in [-0.39, 0.29) is 18.4 Å². The number of hydrogen-bond donors (Lipinski definition) is 3. The molecular weight excluding hydrogens is 200 g/mol. The molecule has 0 saturated carbocycles. The molecule has 3 N–H and O–H groups in total. The van der Waals surface area contributed by atoms with E-state index >= 15 is 0 Å². The smallest absolute Gasteiger partial charge is 0.245 e. The van der Waals surface area contributed by atoms with E-state index in [0.717, 1.165) is 10.5 Å². The monoisotopic (exact) mass is 210 g/mol. The Bertz CT molecular complexity index is 356. The molecule has 1 unspecified atom stereocenters. The average molecular weight is 210 g/mol. The van der Waals surface area contributed by atoms with Gasteiger partial charge in [0.05, 0.1) is 6.04 Å². The number of carbonyl (C=O) groups excluding carboxylic acids is 1. The van der Waals surface area contributed by atoms with Gasteiger partial charge >= 0.3 is 0 Å². The number of benzene rings is 1. The zero-order valence-corrected chi connectivity index (χ0v) is 8.17. The van der Waals surface area contributed by atoms with Gasteiger partial charge in [0, 0.05) is 11.3 Å². The second kappa shape index (κ2) is 4.00. The van der Waals surface area contributed by atoms with Gasteiger partial charge in [-0.1, -0.05) is 18.2 Å². The van der Waals surface area contributed by atoms with Gasteiger partial charge in [0.2, 0.25) is 5.91 Å². The van der Waals surface area contributed by atoms with Gasteiger partial charge in [-0.15, -0.1) is 0 Å². The molecule has 0 bridgehead atoms. The molecule has 14 heavy (non-hydrogen) atoms. The minimum absolute atomic E-state index is 0.0108. The maximum Gasteiger partial charge on any atom is 0.245 e. The summed E-state index contributed by atoms with van der Waals surface area (Å²) < 4.78 is 3.13. The summed E-state index contributed by atoms with van der Waals surface area (Å²) in [5.74, 6) is -0.375. The summed E-state index contributed by atoms with van der Waals surface area (Å²) in [5, 5.41) is 8.41. The Morgan fingerprint density at radius 2 is 2.36 bits per heavy atom. The minimum Gasteiger partial charge on any atom is -0.289 e. The lowest BCUT2D eigenvalue weighted by molar-refractivity contribution is -0.129. The molecule has 4 nitrogen and oxygen atoms in total. The van der Waals surface area contributed by atoms with Gasteiger partial charge < -0.3 is 0 Å². The van der Waals surface area contributed by atoms with E-state index in [1.807, 2.05) is 24.3 Å². The predicted molar refractivity (Wildman–Crippen MR) is 52.7 cm³/mol. The van der Waals surface area contributed by atoms with Crippen molar-refractivity contribution < 1.29 is 10.0 Å². The van der Waals surface area contributed by atoms with Gasteiger partial charge in [0.15, 0.2) is 0 Å². The van der Waals surface area contributed by atoms with Gasteiger partial charge in [0.1, 0.15) is 0 Å². The molecule has 0 radical (unpaired) electrons. The molecule has 0 aromatic heterocycles. The highest BCUT2D eigenvalue weighted by atomic mass is 32.2. The molecule has 0 spiro atoms. The molecule has 74 valence electrons. The quantitative estimate of drug-likeness (QED) is 0.390. The molecule has 0 aliphatic carbocycles. The van der Waals surface area contributed by atoms with Crippen LogP contribution in [-0.2, 0) is 4.79 Å². The van der Waals surface area contributed by atoms with Crippen molar-refractivity contribution in [1.82, 2.24) is 10.2 Å². The van der Waals surface area contributed by atoms with Crippen molar-refractivity contribution in [1.29, 1.82) is 0 Å². The van der Waals surface area contributed by atoms with Crippen LogP contribution in [0.25, 0.3) is 0 Å². The number of hydrogen-bond acceptors (Lipinski definition) is 4. The molecule has 1 aliphatic heterocycles. The van der Waals surface area contributed by atoms with Gasteiger partial charge in [0.25, 0.3) is 0 Å². The molecule has 2 rings (SSSR count). The average Bonchev–Trinajstić information content (AvgIpc) is 2.62. The summed E-state index contributed by atoms with van der Waals surface area (Å²) in [7, 11) is 0. The van der Waals surface area contributed by atoms with Crippen LogP contribution in [0.15, 0.2) is 29.2 Å². The van der Waals surface area contributed by atoms with Gasteiger partial charge in [-0.3, -0.25) is 14.7 Å². The van der Waals surface area contributed by atoms with E-state index in [2.05, 4.69) is 4.72 Å². The molecule has 1 amide bonds. The maximum atomic E-state index is 11.0. The van der Waals surface area contributed by atoms with Crippen molar-refractivity contribution >= 4 is 17.9 Å². The second-order valence-corrected chi connectivity index (χ2v) is 3.93. The first-order valence-electron chi connectivity index (χ1n) is 4.25. The van der Waals surface area contributed by atoms with Crippen molar-refractivity contribution in [3.8, 4) is 0 Å². The van der Waals surface area contributed by atoms with E-state index in [4.69, 9.17) is 5.21 Å². The minimum atomic E-state index is -0.375. The van der Waals surface area contributed by atoms with Crippen LogP contribution in [0, 0.1) is 0 Å². The van der Waals surface area contributed by atoms with Crippen LogP contribution in [0.5, 0.6) is 0 Å². The highest BCUT2D eigenvalue weighted by molar-refractivity contribution is 7.97. The first-order valence-corrected chi connectivity index (χ1v) is 5.07. The fraction of sp³-hybridized carbons (Fsp3) is 0.222. The first-order chi connectivity index (χ1) is 6.81. The lowest BCUT2D eigenvalue weighted by Gasteiger charge is -2.08. The molecular formula is C9H10N2O2S. The van der Waals surface area contributed by atoms with Crippen LogP contribution >= 0.6 is 11.9 Å². The van der Waals surface area contributed by atoms with Crippen molar-refractivity contribution in [2.75, 3.05) is 0 Å². The zero-order valence-electron chi connectivity index (χ0n) is 7.36. The SMILES string of the molecule is O=C(CC1NSc2ccccc21)NO. The van der Waals surface area contributed by atoms with E-state index in [0.29, 0.717) is 0 Å².